The number of thiocarbonyl (C=S) groups is 1. The number of pyridine rings is 1. The van der Waals surface area contributed by atoms with Crippen LogP contribution in [0.15, 0.2) is 36.5 Å². The molecule has 1 aromatic heterocycles. The quantitative estimate of drug-likeness (QED) is 0.236. The third-order valence-electron chi connectivity index (χ3n) is 12.0. The SMILES string of the molecule is C[C@@H]1C[C@H](CCO[C@H]2CC[C@H](N3C(=S)N(c4cnc(C#N)c(C(F)(F)F)c4)C(=O)C3(C)C)CC2)C[C@H](C)N1CC(=O)Nc1ccc(C2CCC(O)NC2)cc1. The number of nitrogens with zero attached hydrogens (tertiary/aromatic N) is 5. The summed E-state index contributed by atoms with van der Waals surface area (Å²) in [5.41, 5.74) is -1.16. The van der Waals surface area contributed by atoms with Crippen LogP contribution in [0.3, 0.4) is 0 Å². The van der Waals surface area contributed by atoms with Crippen LogP contribution in [0.5, 0.6) is 0 Å². The molecule has 1 aromatic carbocycles. The number of aromatic nitrogens is 1. The number of hydrogen-bond acceptors (Lipinski definition) is 9. The summed E-state index contributed by atoms with van der Waals surface area (Å²) >= 11 is 5.72. The zero-order valence-corrected chi connectivity index (χ0v) is 32.8. The molecule has 3 saturated heterocycles. The summed E-state index contributed by atoms with van der Waals surface area (Å²) in [5.74, 6) is 0.378. The second kappa shape index (κ2) is 16.8. The van der Waals surface area contributed by atoms with Gasteiger partial charge in [-0.2, -0.15) is 18.4 Å². The summed E-state index contributed by atoms with van der Waals surface area (Å²) in [7, 11) is 0. The predicted octanol–water partition coefficient (Wildman–Crippen LogP) is 6.32. The van der Waals surface area contributed by atoms with Gasteiger partial charge in [0.15, 0.2) is 10.8 Å². The summed E-state index contributed by atoms with van der Waals surface area (Å²) < 4.78 is 47.4. The number of carbonyl (C=O) groups is 2. The zero-order chi connectivity index (χ0) is 39.7. The van der Waals surface area contributed by atoms with Crippen molar-refractivity contribution in [1.29, 1.82) is 5.26 Å². The van der Waals surface area contributed by atoms with Crippen molar-refractivity contribution in [2.75, 3.05) is 29.9 Å². The van der Waals surface area contributed by atoms with Gasteiger partial charge in [0, 0.05) is 37.0 Å². The van der Waals surface area contributed by atoms with E-state index in [2.05, 4.69) is 46.5 Å². The molecule has 0 radical (unpaired) electrons. The van der Waals surface area contributed by atoms with Crippen LogP contribution in [0, 0.1) is 17.2 Å². The fourth-order valence-electron chi connectivity index (χ4n) is 9.05. The van der Waals surface area contributed by atoms with Crippen molar-refractivity contribution < 1.29 is 32.6 Å². The maximum absolute atomic E-state index is 13.7. The van der Waals surface area contributed by atoms with Crippen LogP contribution in [0.2, 0.25) is 0 Å². The summed E-state index contributed by atoms with van der Waals surface area (Å²) in [5, 5.41) is 25.2. The topological polar surface area (TPSA) is 134 Å². The molecular formula is C40H52F3N7O4S. The average Bonchev–Trinajstić information content (AvgIpc) is 3.32. The average molecular weight is 784 g/mol. The van der Waals surface area contributed by atoms with Crippen LogP contribution in [-0.2, 0) is 20.5 Å². The number of aliphatic hydroxyl groups is 1. The van der Waals surface area contributed by atoms with Gasteiger partial charge in [-0.15, -0.1) is 0 Å². The van der Waals surface area contributed by atoms with Gasteiger partial charge >= 0.3 is 6.18 Å². The van der Waals surface area contributed by atoms with Crippen molar-refractivity contribution in [1.82, 2.24) is 20.1 Å². The number of alkyl halides is 3. The number of benzene rings is 1. The minimum Gasteiger partial charge on any atom is -0.379 e. The Kier molecular flexibility index (Phi) is 12.5. The number of carbonyl (C=O) groups excluding carboxylic acids is 2. The van der Waals surface area contributed by atoms with Crippen molar-refractivity contribution in [3.8, 4) is 6.07 Å². The lowest BCUT2D eigenvalue weighted by Gasteiger charge is -2.42. The number of rotatable bonds is 10. The molecule has 1 saturated carbocycles. The molecule has 11 nitrogen and oxygen atoms in total. The first-order valence-corrected chi connectivity index (χ1v) is 19.8. The van der Waals surface area contributed by atoms with Crippen LogP contribution < -0.4 is 15.5 Å². The Morgan fingerprint density at radius 3 is 2.38 bits per heavy atom. The first kappa shape index (κ1) is 41.0. The summed E-state index contributed by atoms with van der Waals surface area (Å²) in [6, 6.07) is 10.7. The molecule has 1 aliphatic carbocycles. The number of likely N-dealkylation sites (tertiary alicyclic amines) is 1. The number of hydrogen-bond donors (Lipinski definition) is 3. The van der Waals surface area contributed by atoms with Crippen LogP contribution in [0.4, 0.5) is 24.5 Å². The Morgan fingerprint density at radius 1 is 1.11 bits per heavy atom. The number of aliphatic hydroxyl groups excluding tert-OH is 1. The molecule has 4 heterocycles. The van der Waals surface area contributed by atoms with Gasteiger partial charge in [-0.3, -0.25) is 24.7 Å². The number of ether oxygens (including phenoxy) is 1. The Morgan fingerprint density at radius 2 is 1.78 bits per heavy atom. The van der Waals surface area contributed by atoms with Gasteiger partial charge in [-0.25, -0.2) is 4.98 Å². The molecule has 4 fully saturated rings. The first-order valence-electron chi connectivity index (χ1n) is 19.4. The Bertz CT molecular complexity index is 1740. The molecule has 2 aromatic rings. The van der Waals surface area contributed by atoms with Crippen molar-refractivity contribution in [2.24, 2.45) is 5.92 Å². The van der Waals surface area contributed by atoms with E-state index >= 15 is 0 Å². The molecule has 5 atom stereocenters. The van der Waals surface area contributed by atoms with Gasteiger partial charge in [-0.1, -0.05) is 12.1 Å². The molecule has 4 aliphatic rings. The van der Waals surface area contributed by atoms with Gasteiger partial charge in [0.25, 0.3) is 5.91 Å². The monoisotopic (exact) mass is 783 g/mol. The van der Waals surface area contributed by atoms with Gasteiger partial charge in [0.1, 0.15) is 17.8 Å². The van der Waals surface area contributed by atoms with Crippen molar-refractivity contribution in [3.63, 3.8) is 0 Å². The van der Waals surface area contributed by atoms with Crippen LogP contribution >= 0.6 is 12.2 Å². The van der Waals surface area contributed by atoms with Crippen molar-refractivity contribution in [3.05, 3.63) is 53.3 Å². The number of anilines is 2. The molecule has 0 spiro atoms. The zero-order valence-electron chi connectivity index (χ0n) is 31.9. The highest BCUT2D eigenvalue weighted by atomic mass is 32.1. The summed E-state index contributed by atoms with van der Waals surface area (Å²) in [6.07, 6.45) is 3.47. The van der Waals surface area contributed by atoms with E-state index in [0.29, 0.717) is 25.0 Å². The molecule has 3 aliphatic heterocycles. The number of nitrogens with one attached hydrogen (secondary N) is 2. The molecule has 2 amide bonds. The van der Waals surface area contributed by atoms with E-state index in [9.17, 15) is 27.9 Å². The fourth-order valence-corrected chi connectivity index (χ4v) is 9.61. The highest BCUT2D eigenvalue weighted by molar-refractivity contribution is 7.80. The van der Waals surface area contributed by atoms with Crippen LogP contribution in [-0.4, -0.2) is 92.5 Å². The highest BCUT2D eigenvalue weighted by Gasteiger charge is 2.53. The number of halogens is 3. The molecule has 3 N–H and O–H groups in total. The Balaban J connectivity index is 0.939. The summed E-state index contributed by atoms with van der Waals surface area (Å²) in [6.45, 7) is 9.55. The lowest BCUT2D eigenvalue weighted by molar-refractivity contribution is -0.138. The normalized spacial score (nSPS) is 29.0. The van der Waals surface area contributed by atoms with Crippen molar-refractivity contribution in [2.45, 2.75) is 134 Å². The maximum Gasteiger partial charge on any atom is 0.419 e. The van der Waals surface area contributed by atoms with E-state index < -0.39 is 35.1 Å². The largest absolute Gasteiger partial charge is 0.419 e. The van der Waals surface area contributed by atoms with Gasteiger partial charge in [0.05, 0.1) is 30.1 Å². The van der Waals surface area contributed by atoms with Crippen LogP contribution in [0.25, 0.3) is 0 Å². The Labute approximate surface area is 326 Å². The lowest BCUT2D eigenvalue weighted by Crippen LogP contribution is -2.51. The van der Waals surface area contributed by atoms with E-state index in [1.807, 2.05) is 17.0 Å². The number of piperidine rings is 2. The molecule has 6 rings (SSSR count). The third-order valence-corrected chi connectivity index (χ3v) is 12.4. The lowest BCUT2D eigenvalue weighted by atomic mass is 9.85. The van der Waals surface area contributed by atoms with Gasteiger partial charge < -0.3 is 20.1 Å². The number of nitriles is 1. The summed E-state index contributed by atoms with van der Waals surface area (Å²) in [4.78, 5) is 35.6. The van der Waals surface area contributed by atoms with E-state index in [-0.39, 0.29) is 40.9 Å². The van der Waals surface area contributed by atoms with Gasteiger partial charge in [0.2, 0.25) is 5.91 Å². The van der Waals surface area contributed by atoms with E-state index in [1.54, 1.807) is 13.8 Å². The second-order valence-corrected chi connectivity index (χ2v) is 16.6. The molecule has 0 bridgehead atoms. The molecule has 298 valence electrons. The van der Waals surface area contributed by atoms with Gasteiger partial charge in [-0.05, 0) is 133 Å². The van der Waals surface area contributed by atoms with Crippen molar-refractivity contribution >= 4 is 40.5 Å². The third kappa shape index (κ3) is 9.15. The fraction of sp³-hybridized carbons (Fsp3) is 0.625. The molecule has 15 heteroatoms. The Hall–Kier alpha value is -3.68. The number of amides is 2. The maximum atomic E-state index is 13.7. The molecule has 2 unspecified atom stereocenters. The second-order valence-electron chi connectivity index (χ2n) is 16.2. The molecular weight excluding hydrogens is 732 g/mol. The smallest absolute Gasteiger partial charge is 0.379 e. The van der Waals surface area contributed by atoms with E-state index in [4.69, 9.17) is 22.2 Å². The van der Waals surface area contributed by atoms with E-state index in [0.717, 1.165) is 87.2 Å². The highest BCUT2D eigenvalue weighted by Crippen LogP contribution is 2.40. The minimum atomic E-state index is -4.81. The first-order chi connectivity index (χ1) is 26.1. The van der Waals surface area contributed by atoms with E-state index in [1.165, 1.54) is 11.6 Å². The predicted molar refractivity (Wildman–Crippen MR) is 206 cm³/mol. The molecule has 55 heavy (non-hydrogen) atoms. The van der Waals surface area contributed by atoms with Crippen LogP contribution in [0.1, 0.15) is 108 Å². The minimum absolute atomic E-state index is 0.0247. The standard InChI is InChI=1S/C40H52F3N7O4S/c1-24-17-26(18-25(2)48(24)23-36(52)47-29-8-5-27(6-9-29)28-7-14-35(51)46-21-28)15-16-54-32-12-10-30(11-13-32)50-38(55)49(37(53)39(50,3)4)31-19-33(40(41,42)43)34(20-44)45-22-31/h5-6,8-9,19,22,24-26,28,30,32,35,46,51H,7,10-18,21,23H2,1-4H3,(H,47,52)/t24-,25+,26+,28?,30-,32-,35?.